The number of carbonyl (C=O) groups excluding carboxylic acids is 1. The Kier molecular flexibility index (Phi) is 5.88. The molecule has 1 aliphatic heterocycles. The quantitative estimate of drug-likeness (QED) is 0.643. The fraction of sp³-hybridized carbons (Fsp3) is 0.381. The third kappa shape index (κ3) is 4.64. The molecule has 7 nitrogen and oxygen atoms in total. The van der Waals surface area contributed by atoms with Crippen molar-refractivity contribution in [2.45, 2.75) is 44.7 Å². The summed E-state index contributed by atoms with van der Waals surface area (Å²) in [7, 11) is 0. The zero-order valence-electron chi connectivity index (χ0n) is 16.1. The number of fused-ring (bicyclic) bond motifs is 1. The molecule has 1 aromatic carbocycles. The molecule has 8 heteroatoms. The first-order valence-corrected chi connectivity index (χ1v) is 9.89. The van der Waals surface area contributed by atoms with Gasteiger partial charge in [0.1, 0.15) is 5.82 Å². The first-order chi connectivity index (χ1) is 14.2. The van der Waals surface area contributed by atoms with Gasteiger partial charge in [-0.1, -0.05) is 24.6 Å². The predicted octanol–water partition coefficient (Wildman–Crippen LogP) is 2.75. The number of hydrogen-bond acceptors (Lipinski definition) is 5. The molecule has 0 bridgehead atoms. The molecule has 1 atom stereocenters. The van der Waals surface area contributed by atoms with Gasteiger partial charge in [-0.25, -0.2) is 9.07 Å². The number of hydrogen-bond donors (Lipinski definition) is 0. The number of aromatic nitrogens is 5. The van der Waals surface area contributed by atoms with Crippen LogP contribution in [0.4, 0.5) is 4.39 Å². The van der Waals surface area contributed by atoms with Gasteiger partial charge in [-0.2, -0.15) is 0 Å². The Hall–Kier alpha value is -3.16. The normalized spacial score (nSPS) is 16.1. The lowest BCUT2D eigenvalue weighted by molar-refractivity contribution is -0.133. The summed E-state index contributed by atoms with van der Waals surface area (Å²) in [6.07, 6.45) is 6.77. The van der Waals surface area contributed by atoms with Crippen LogP contribution in [0.15, 0.2) is 48.8 Å². The standard InChI is InChI=1S/C21H23FN6O/c22-18-8-6-16(7-9-18)10-13-27(15-17-4-3-11-23-14-17)21(29)19-5-1-2-12-28-20(19)24-25-26-28/h3-4,6-9,11,14,19H,1-2,5,10,12-13,15H2/t19-/m0/s1. The zero-order chi connectivity index (χ0) is 20.1. The Labute approximate surface area is 168 Å². The van der Waals surface area contributed by atoms with Gasteiger partial charge in [0.25, 0.3) is 0 Å². The highest BCUT2D eigenvalue weighted by Gasteiger charge is 2.31. The van der Waals surface area contributed by atoms with Gasteiger partial charge in [-0.15, -0.1) is 5.10 Å². The highest BCUT2D eigenvalue weighted by molar-refractivity contribution is 5.83. The van der Waals surface area contributed by atoms with E-state index in [1.54, 1.807) is 29.2 Å². The molecule has 1 amide bonds. The smallest absolute Gasteiger partial charge is 0.233 e. The summed E-state index contributed by atoms with van der Waals surface area (Å²) >= 11 is 0. The van der Waals surface area contributed by atoms with E-state index in [1.807, 2.05) is 17.0 Å². The molecular weight excluding hydrogens is 371 g/mol. The van der Waals surface area contributed by atoms with Crippen molar-refractivity contribution >= 4 is 5.91 Å². The molecule has 2 aromatic heterocycles. The maximum Gasteiger partial charge on any atom is 0.233 e. The van der Waals surface area contributed by atoms with E-state index in [4.69, 9.17) is 0 Å². The van der Waals surface area contributed by atoms with E-state index in [1.165, 1.54) is 12.1 Å². The molecule has 0 spiro atoms. The third-order valence-corrected chi connectivity index (χ3v) is 5.27. The second-order valence-corrected chi connectivity index (χ2v) is 7.31. The molecule has 0 radical (unpaired) electrons. The van der Waals surface area contributed by atoms with Crippen LogP contribution in [0.25, 0.3) is 0 Å². The topological polar surface area (TPSA) is 76.8 Å². The molecule has 29 heavy (non-hydrogen) atoms. The van der Waals surface area contributed by atoms with Crippen LogP contribution in [-0.4, -0.2) is 42.5 Å². The first kappa shape index (κ1) is 19.2. The van der Waals surface area contributed by atoms with Crippen LogP contribution in [-0.2, 0) is 24.3 Å². The van der Waals surface area contributed by atoms with E-state index in [0.717, 1.165) is 36.9 Å². The summed E-state index contributed by atoms with van der Waals surface area (Å²) in [6.45, 7) is 1.73. The van der Waals surface area contributed by atoms with E-state index in [2.05, 4.69) is 20.5 Å². The van der Waals surface area contributed by atoms with Gasteiger partial charge in [-0.05, 0) is 59.0 Å². The van der Waals surface area contributed by atoms with Crippen molar-refractivity contribution in [3.63, 3.8) is 0 Å². The molecule has 4 rings (SSSR count). The van der Waals surface area contributed by atoms with Crippen LogP contribution >= 0.6 is 0 Å². The number of benzene rings is 1. The number of aryl methyl sites for hydroxylation is 1. The van der Waals surface area contributed by atoms with Crippen LogP contribution in [0.2, 0.25) is 0 Å². The molecule has 0 saturated heterocycles. The minimum atomic E-state index is -0.350. The Balaban J connectivity index is 1.55. The summed E-state index contributed by atoms with van der Waals surface area (Å²) in [5, 5.41) is 11.9. The second kappa shape index (κ2) is 8.89. The third-order valence-electron chi connectivity index (χ3n) is 5.27. The predicted molar refractivity (Wildman–Crippen MR) is 104 cm³/mol. The average Bonchev–Trinajstić information content (AvgIpc) is 3.12. The fourth-order valence-electron chi connectivity index (χ4n) is 3.71. The number of halogens is 1. The lowest BCUT2D eigenvalue weighted by atomic mass is 10.00. The summed E-state index contributed by atoms with van der Waals surface area (Å²) in [6, 6.07) is 10.2. The van der Waals surface area contributed by atoms with Crippen LogP contribution < -0.4 is 0 Å². The lowest BCUT2D eigenvalue weighted by Crippen LogP contribution is -2.37. The molecule has 3 aromatic rings. The Bertz CT molecular complexity index is 943. The number of nitrogens with zero attached hydrogens (tertiary/aromatic N) is 6. The van der Waals surface area contributed by atoms with Gasteiger partial charge in [-0.3, -0.25) is 9.78 Å². The van der Waals surface area contributed by atoms with E-state index in [-0.39, 0.29) is 17.6 Å². The molecule has 0 aliphatic carbocycles. The van der Waals surface area contributed by atoms with Gasteiger partial charge in [0, 0.05) is 32.0 Å². The number of amides is 1. The maximum atomic E-state index is 13.5. The minimum absolute atomic E-state index is 0.0221. The maximum absolute atomic E-state index is 13.5. The van der Waals surface area contributed by atoms with Crippen molar-refractivity contribution in [1.29, 1.82) is 0 Å². The van der Waals surface area contributed by atoms with Gasteiger partial charge in [0.15, 0.2) is 5.82 Å². The molecule has 0 fully saturated rings. The van der Waals surface area contributed by atoms with Crippen molar-refractivity contribution in [3.8, 4) is 0 Å². The highest BCUT2D eigenvalue weighted by atomic mass is 19.1. The summed E-state index contributed by atoms with van der Waals surface area (Å²) in [5.41, 5.74) is 1.95. The van der Waals surface area contributed by atoms with Crippen molar-refractivity contribution < 1.29 is 9.18 Å². The number of carbonyl (C=O) groups is 1. The number of tetrazole rings is 1. The molecule has 1 aliphatic rings. The molecule has 0 unspecified atom stereocenters. The van der Waals surface area contributed by atoms with E-state index < -0.39 is 0 Å². The fourth-order valence-corrected chi connectivity index (χ4v) is 3.71. The highest BCUT2D eigenvalue weighted by Crippen LogP contribution is 2.27. The SMILES string of the molecule is O=C([C@H]1CCCCn2nnnc21)N(CCc1ccc(F)cc1)Cc1cccnc1. The largest absolute Gasteiger partial charge is 0.337 e. The summed E-state index contributed by atoms with van der Waals surface area (Å²) < 4.78 is 14.9. The molecule has 3 heterocycles. The summed E-state index contributed by atoms with van der Waals surface area (Å²) in [5.74, 6) is 0.0547. The van der Waals surface area contributed by atoms with Crippen molar-refractivity contribution in [2.24, 2.45) is 0 Å². The first-order valence-electron chi connectivity index (χ1n) is 9.89. The minimum Gasteiger partial charge on any atom is -0.337 e. The summed E-state index contributed by atoms with van der Waals surface area (Å²) in [4.78, 5) is 19.5. The zero-order valence-corrected chi connectivity index (χ0v) is 16.1. The van der Waals surface area contributed by atoms with Gasteiger partial charge in [0.05, 0.1) is 5.92 Å². The average molecular weight is 394 g/mol. The van der Waals surface area contributed by atoms with Crippen molar-refractivity contribution in [2.75, 3.05) is 6.54 Å². The van der Waals surface area contributed by atoms with Gasteiger partial charge < -0.3 is 4.90 Å². The van der Waals surface area contributed by atoms with E-state index in [9.17, 15) is 9.18 Å². The monoisotopic (exact) mass is 394 g/mol. The van der Waals surface area contributed by atoms with Crippen molar-refractivity contribution in [1.82, 2.24) is 30.1 Å². The van der Waals surface area contributed by atoms with Crippen LogP contribution in [0.3, 0.4) is 0 Å². The van der Waals surface area contributed by atoms with Gasteiger partial charge in [0.2, 0.25) is 5.91 Å². The Morgan fingerprint density at radius 3 is 2.83 bits per heavy atom. The Morgan fingerprint density at radius 1 is 1.17 bits per heavy atom. The molecule has 0 saturated carbocycles. The van der Waals surface area contributed by atoms with Crippen LogP contribution in [0.5, 0.6) is 0 Å². The number of rotatable bonds is 6. The van der Waals surface area contributed by atoms with Crippen LogP contribution in [0, 0.1) is 5.82 Å². The van der Waals surface area contributed by atoms with Crippen molar-refractivity contribution in [3.05, 3.63) is 71.6 Å². The van der Waals surface area contributed by atoms with Gasteiger partial charge >= 0.3 is 0 Å². The van der Waals surface area contributed by atoms with E-state index >= 15 is 0 Å². The molecule has 150 valence electrons. The molecular formula is C21H23FN6O. The second-order valence-electron chi connectivity index (χ2n) is 7.31. The Morgan fingerprint density at radius 2 is 2.03 bits per heavy atom. The van der Waals surface area contributed by atoms with Crippen LogP contribution in [0.1, 0.15) is 42.1 Å². The lowest BCUT2D eigenvalue weighted by Gasteiger charge is -2.26. The number of pyridine rings is 1. The van der Waals surface area contributed by atoms with E-state index in [0.29, 0.717) is 25.3 Å². The molecule has 0 N–H and O–H groups in total.